The Labute approximate surface area is 218 Å². The van der Waals surface area contributed by atoms with Gasteiger partial charge in [0.25, 0.3) is 23.4 Å². The number of hydrogen-bond donors (Lipinski definition) is 4. The van der Waals surface area contributed by atoms with Crippen LogP contribution >= 0.6 is 12.2 Å². The second-order valence-corrected chi connectivity index (χ2v) is 9.44. The van der Waals surface area contributed by atoms with Crippen molar-refractivity contribution in [3.8, 4) is 0 Å². The normalized spacial score (nSPS) is 10.7. The molecule has 3 aromatic carbocycles. The van der Waals surface area contributed by atoms with Gasteiger partial charge in [0.1, 0.15) is 0 Å². The van der Waals surface area contributed by atoms with Gasteiger partial charge in [-0.15, -0.1) is 0 Å². The Balaban J connectivity index is 1.51. The predicted molar refractivity (Wildman–Crippen MR) is 143 cm³/mol. The van der Waals surface area contributed by atoms with Gasteiger partial charge in [0, 0.05) is 34.5 Å². The zero-order chi connectivity index (χ0) is 27.2. The summed E-state index contributed by atoms with van der Waals surface area (Å²) in [6.45, 7) is 6.29. The fraction of sp³-hybridized carbons (Fsp3) is 0.154. The first-order valence-corrected chi connectivity index (χ1v) is 11.5. The molecule has 0 unspecified atom stereocenters. The van der Waals surface area contributed by atoms with E-state index in [9.17, 15) is 24.5 Å². The molecule has 4 N–H and O–H groups in total. The lowest BCUT2D eigenvalue weighted by Gasteiger charge is -2.19. The third-order valence-electron chi connectivity index (χ3n) is 5.25. The Morgan fingerprint density at radius 1 is 0.784 bits per heavy atom. The van der Waals surface area contributed by atoms with Crippen LogP contribution in [0.4, 0.5) is 11.4 Å². The van der Waals surface area contributed by atoms with Crippen LogP contribution in [0.5, 0.6) is 0 Å². The van der Waals surface area contributed by atoms with Crippen molar-refractivity contribution in [2.24, 2.45) is 0 Å². The molecule has 37 heavy (non-hydrogen) atoms. The summed E-state index contributed by atoms with van der Waals surface area (Å²) in [7, 11) is 0. The molecule has 0 bridgehead atoms. The number of amides is 3. The van der Waals surface area contributed by atoms with Gasteiger partial charge >= 0.3 is 0 Å². The molecule has 0 saturated heterocycles. The lowest BCUT2D eigenvalue weighted by Crippen LogP contribution is -2.48. The SMILES string of the molecule is CC(C)(C)c1ccc(C(=O)Nc2ccc(C(=O)NNC(=S)NC(=O)c3cccc([N+](=O)[O-])c3)cc2)cc1. The summed E-state index contributed by atoms with van der Waals surface area (Å²) >= 11 is 4.99. The highest BCUT2D eigenvalue weighted by molar-refractivity contribution is 7.80. The first-order valence-electron chi connectivity index (χ1n) is 11.1. The molecule has 11 heteroatoms. The molecule has 10 nitrogen and oxygen atoms in total. The minimum atomic E-state index is -0.677. The summed E-state index contributed by atoms with van der Waals surface area (Å²) in [5.74, 6) is -1.49. The van der Waals surface area contributed by atoms with Gasteiger partial charge in [-0.2, -0.15) is 0 Å². The smallest absolute Gasteiger partial charge is 0.270 e. The molecule has 0 spiro atoms. The summed E-state index contributed by atoms with van der Waals surface area (Å²) in [6, 6.07) is 18.7. The number of rotatable bonds is 5. The Hall–Kier alpha value is -4.64. The molecular weight excluding hydrogens is 494 g/mol. The highest BCUT2D eigenvalue weighted by Gasteiger charge is 2.15. The number of hydrogen-bond acceptors (Lipinski definition) is 6. The van der Waals surface area contributed by atoms with Crippen LogP contribution < -0.4 is 21.5 Å². The fourth-order valence-corrected chi connectivity index (χ4v) is 3.33. The topological polar surface area (TPSA) is 142 Å². The van der Waals surface area contributed by atoms with E-state index in [1.54, 1.807) is 24.3 Å². The van der Waals surface area contributed by atoms with Crippen LogP contribution in [0.3, 0.4) is 0 Å². The molecule has 0 radical (unpaired) electrons. The van der Waals surface area contributed by atoms with Crippen molar-refractivity contribution in [3.05, 3.63) is 105 Å². The van der Waals surface area contributed by atoms with Gasteiger partial charge in [-0.3, -0.25) is 40.7 Å². The molecular formula is C26H25N5O5S. The number of hydrazine groups is 1. The van der Waals surface area contributed by atoms with E-state index in [2.05, 4.69) is 42.3 Å². The molecule has 0 fully saturated rings. The zero-order valence-corrected chi connectivity index (χ0v) is 21.1. The van der Waals surface area contributed by atoms with E-state index in [1.165, 1.54) is 30.3 Å². The lowest BCUT2D eigenvalue weighted by molar-refractivity contribution is -0.384. The van der Waals surface area contributed by atoms with Gasteiger partial charge in [0.15, 0.2) is 5.11 Å². The van der Waals surface area contributed by atoms with Crippen molar-refractivity contribution >= 4 is 46.4 Å². The van der Waals surface area contributed by atoms with Gasteiger partial charge in [0.2, 0.25) is 0 Å². The number of carbonyl (C=O) groups excluding carboxylic acids is 3. The van der Waals surface area contributed by atoms with E-state index >= 15 is 0 Å². The molecule has 0 aromatic heterocycles. The molecule has 3 amide bonds. The maximum Gasteiger partial charge on any atom is 0.270 e. The summed E-state index contributed by atoms with van der Waals surface area (Å²) in [4.78, 5) is 47.4. The molecule has 0 aliphatic heterocycles. The van der Waals surface area contributed by atoms with E-state index in [0.717, 1.165) is 11.6 Å². The van der Waals surface area contributed by atoms with E-state index < -0.39 is 16.7 Å². The summed E-state index contributed by atoms with van der Waals surface area (Å²) in [6.07, 6.45) is 0. The quantitative estimate of drug-likeness (QED) is 0.226. The highest BCUT2D eigenvalue weighted by Crippen LogP contribution is 2.22. The number of nitro groups is 1. The molecule has 0 aliphatic carbocycles. The Morgan fingerprint density at radius 2 is 1.38 bits per heavy atom. The molecule has 0 aliphatic rings. The first-order chi connectivity index (χ1) is 17.4. The van der Waals surface area contributed by atoms with Crippen LogP contribution in [0, 0.1) is 10.1 Å². The number of nitrogens with one attached hydrogen (secondary N) is 4. The Morgan fingerprint density at radius 3 is 1.97 bits per heavy atom. The van der Waals surface area contributed by atoms with Crippen LogP contribution in [0.15, 0.2) is 72.8 Å². The standard InChI is InChI=1S/C26H25N5O5S/c1-26(2,3)19-11-7-16(8-12-19)22(32)27-20-13-9-17(10-14-20)24(34)29-30-25(37)28-23(33)18-5-4-6-21(15-18)31(35)36/h4-15H,1-3H3,(H,27,32)(H,29,34)(H2,28,30,33,37). The number of thiocarbonyl (C=S) groups is 1. The number of carbonyl (C=O) groups is 3. The average Bonchev–Trinajstić information content (AvgIpc) is 2.87. The third-order valence-corrected chi connectivity index (χ3v) is 5.46. The van der Waals surface area contributed by atoms with Crippen LogP contribution in [-0.2, 0) is 5.41 Å². The van der Waals surface area contributed by atoms with E-state index in [1.807, 2.05) is 12.1 Å². The molecule has 3 rings (SSSR count). The predicted octanol–water partition coefficient (Wildman–Crippen LogP) is 4.09. The molecule has 0 heterocycles. The minimum absolute atomic E-state index is 0.0132. The van der Waals surface area contributed by atoms with Crippen molar-refractivity contribution in [2.75, 3.05) is 5.32 Å². The first kappa shape index (κ1) is 27.0. The van der Waals surface area contributed by atoms with E-state index in [4.69, 9.17) is 12.2 Å². The number of benzene rings is 3. The zero-order valence-electron chi connectivity index (χ0n) is 20.3. The maximum atomic E-state index is 12.5. The van der Waals surface area contributed by atoms with Gasteiger partial charge in [-0.1, -0.05) is 39.0 Å². The van der Waals surface area contributed by atoms with Crippen molar-refractivity contribution in [2.45, 2.75) is 26.2 Å². The second-order valence-electron chi connectivity index (χ2n) is 9.03. The number of anilines is 1. The van der Waals surface area contributed by atoms with E-state index in [0.29, 0.717) is 11.3 Å². The molecule has 190 valence electrons. The van der Waals surface area contributed by atoms with Crippen LogP contribution in [0.2, 0.25) is 0 Å². The summed E-state index contributed by atoms with van der Waals surface area (Å²) in [5.41, 5.74) is 6.94. The molecule has 0 saturated carbocycles. The van der Waals surface area contributed by atoms with Crippen LogP contribution in [0.1, 0.15) is 57.4 Å². The van der Waals surface area contributed by atoms with Crippen molar-refractivity contribution in [1.82, 2.24) is 16.2 Å². The van der Waals surface area contributed by atoms with Gasteiger partial charge in [-0.25, -0.2) is 0 Å². The highest BCUT2D eigenvalue weighted by atomic mass is 32.1. The summed E-state index contributed by atoms with van der Waals surface area (Å²) in [5, 5.41) is 15.8. The second kappa shape index (κ2) is 11.4. The van der Waals surface area contributed by atoms with Crippen LogP contribution in [-0.4, -0.2) is 27.8 Å². The van der Waals surface area contributed by atoms with E-state index in [-0.39, 0.29) is 33.2 Å². The minimum Gasteiger partial charge on any atom is -0.322 e. The van der Waals surface area contributed by atoms with Crippen molar-refractivity contribution < 1.29 is 19.3 Å². The number of nitrogens with zero attached hydrogens (tertiary/aromatic N) is 1. The monoisotopic (exact) mass is 519 g/mol. The number of non-ortho nitro benzene ring substituents is 1. The van der Waals surface area contributed by atoms with Crippen LogP contribution in [0.25, 0.3) is 0 Å². The molecule has 0 atom stereocenters. The Kier molecular flexibility index (Phi) is 8.30. The third kappa shape index (κ3) is 7.42. The molecule has 3 aromatic rings. The Bertz CT molecular complexity index is 1350. The lowest BCUT2D eigenvalue weighted by atomic mass is 9.87. The van der Waals surface area contributed by atoms with Crippen molar-refractivity contribution in [1.29, 1.82) is 0 Å². The maximum absolute atomic E-state index is 12.5. The average molecular weight is 520 g/mol. The van der Waals surface area contributed by atoms with Gasteiger partial charge in [0.05, 0.1) is 4.92 Å². The van der Waals surface area contributed by atoms with Gasteiger partial charge < -0.3 is 5.32 Å². The fourth-order valence-electron chi connectivity index (χ4n) is 3.18. The van der Waals surface area contributed by atoms with Crippen molar-refractivity contribution in [3.63, 3.8) is 0 Å². The number of nitro benzene ring substituents is 1. The van der Waals surface area contributed by atoms with Gasteiger partial charge in [-0.05, 0) is 65.7 Å². The largest absolute Gasteiger partial charge is 0.322 e. The summed E-state index contributed by atoms with van der Waals surface area (Å²) < 4.78 is 0.